The lowest BCUT2D eigenvalue weighted by Crippen LogP contribution is -1.99. The number of carboxylic acids is 1. The van der Waals surface area contributed by atoms with Gasteiger partial charge in [-0.3, -0.25) is 5.10 Å². The Morgan fingerprint density at radius 2 is 2.10 bits per heavy atom. The van der Waals surface area contributed by atoms with Crippen LogP contribution in [0.3, 0.4) is 0 Å². The van der Waals surface area contributed by atoms with Crippen LogP contribution in [0.1, 0.15) is 5.56 Å². The minimum Gasteiger partial charge on any atom is -0.480 e. The molecule has 1 aromatic heterocycles. The molecule has 3 aromatic rings. The minimum absolute atomic E-state index is 0.0234. The molecule has 0 radical (unpaired) electrons. The third-order valence-corrected chi connectivity index (χ3v) is 5.19. The number of terminal acetylenes is 1. The molecule has 0 atom stereocenters. The Bertz CT molecular complexity index is 1110. The minimum atomic E-state index is -1.12. The number of aromatic nitrogens is 3. The molecule has 0 aliphatic heterocycles. The van der Waals surface area contributed by atoms with Crippen molar-refractivity contribution in [1.82, 2.24) is 15.2 Å². The molecular weight excluding hydrogens is 478 g/mol. The van der Waals surface area contributed by atoms with Crippen LogP contribution >= 0.6 is 39.3 Å². The van der Waals surface area contributed by atoms with E-state index < -0.39 is 5.97 Å². The Morgan fingerprint density at radius 1 is 1.34 bits per heavy atom. The second-order valence-corrected chi connectivity index (χ2v) is 7.93. The Kier molecular flexibility index (Phi) is 6.99. The Balaban J connectivity index is 1.88. The molecule has 3 rings (SSSR count). The molecule has 0 bridgehead atoms. The monoisotopic (exact) mass is 489 g/mol. The van der Waals surface area contributed by atoms with Gasteiger partial charge in [0.1, 0.15) is 17.3 Å². The number of benzene rings is 2. The van der Waals surface area contributed by atoms with Crippen LogP contribution in [0.4, 0.5) is 0 Å². The fourth-order valence-corrected chi connectivity index (χ4v) is 3.49. The van der Waals surface area contributed by atoms with Gasteiger partial charge in [-0.2, -0.15) is 0 Å². The maximum absolute atomic E-state index is 11.8. The molecule has 0 saturated carbocycles. The number of halogens is 2. The Morgan fingerprint density at radius 3 is 2.79 bits per heavy atom. The first-order valence-corrected chi connectivity index (χ1v) is 10.1. The molecule has 0 unspecified atom stereocenters. The summed E-state index contributed by atoms with van der Waals surface area (Å²) in [4.78, 5) is 16.1. The standard InChI is InChI=1S/C20H13BrClN3O3S/c1-2-9-28-16-8-5-14(21)10-13(16)11-17(19(26)27)29-20-23-18(24-25-20)12-3-6-15(22)7-4-12/h1,3-8,10-11H,9H2,(H,26,27)(H,23,24,25)/b17-11-. The third-order valence-electron chi connectivity index (χ3n) is 3.56. The largest absolute Gasteiger partial charge is 0.480 e. The SMILES string of the molecule is C#CCOc1ccc(Br)cc1/C=C(\Sc1n[nH]c(-c2ccc(Cl)cc2)n1)C(=O)O. The zero-order valence-corrected chi connectivity index (χ0v) is 17.9. The van der Waals surface area contributed by atoms with Gasteiger partial charge >= 0.3 is 5.97 Å². The first-order valence-electron chi connectivity index (χ1n) is 8.13. The predicted molar refractivity (Wildman–Crippen MR) is 117 cm³/mol. The summed E-state index contributed by atoms with van der Waals surface area (Å²) >= 11 is 10.2. The Hall–Kier alpha value is -2.73. The lowest BCUT2D eigenvalue weighted by molar-refractivity contribution is -0.131. The molecule has 2 aromatic carbocycles. The maximum Gasteiger partial charge on any atom is 0.342 e. The second kappa shape index (κ2) is 9.65. The molecule has 0 saturated heterocycles. The smallest absolute Gasteiger partial charge is 0.342 e. The summed E-state index contributed by atoms with van der Waals surface area (Å²) in [5.41, 5.74) is 1.35. The number of H-pyrrole nitrogens is 1. The number of hydrogen-bond acceptors (Lipinski definition) is 5. The van der Waals surface area contributed by atoms with E-state index in [4.69, 9.17) is 22.8 Å². The second-order valence-electron chi connectivity index (χ2n) is 5.56. The predicted octanol–water partition coefficient (Wildman–Crippen LogP) is 5.12. The molecule has 2 N–H and O–H groups in total. The quantitative estimate of drug-likeness (QED) is 0.272. The van der Waals surface area contributed by atoms with E-state index in [-0.39, 0.29) is 16.7 Å². The fourth-order valence-electron chi connectivity index (χ4n) is 2.29. The average Bonchev–Trinajstić information content (AvgIpc) is 3.16. The maximum atomic E-state index is 11.8. The van der Waals surface area contributed by atoms with Crippen molar-refractivity contribution in [3.05, 3.63) is 62.4 Å². The normalized spacial score (nSPS) is 11.1. The molecule has 29 heavy (non-hydrogen) atoms. The molecule has 146 valence electrons. The van der Waals surface area contributed by atoms with Crippen LogP contribution in [0.25, 0.3) is 17.5 Å². The van der Waals surface area contributed by atoms with Crippen molar-refractivity contribution < 1.29 is 14.6 Å². The van der Waals surface area contributed by atoms with Gasteiger partial charge in [0.15, 0.2) is 5.82 Å². The van der Waals surface area contributed by atoms with Gasteiger partial charge in [0.2, 0.25) is 5.16 Å². The summed E-state index contributed by atoms with van der Waals surface area (Å²) in [6.07, 6.45) is 6.73. The molecule has 0 spiro atoms. The van der Waals surface area contributed by atoms with Crippen LogP contribution in [0.5, 0.6) is 5.75 Å². The van der Waals surface area contributed by atoms with E-state index in [1.807, 2.05) is 0 Å². The molecule has 6 nitrogen and oxygen atoms in total. The van der Waals surface area contributed by atoms with E-state index in [9.17, 15) is 9.90 Å². The van der Waals surface area contributed by atoms with Crippen molar-refractivity contribution >= 4 is 51.3 Å². The summed E-state index contributed by atoms with van der Waals surface area (Å²) < 4.78 is 6.26. The molecule has 0 aliphatic carbocycles. The number of nitrogens with zero attached hydrogens (tertiary/aromatic N) is 2. The summed E-state index contributed by atoms with van der Waals surface area (Å²) in [6.45, 7) is 0.0728. The van der Waals surface area contributed by atoms with Gasteiger partial charge in [-0.25, -0.2) is 9.78 Å². The first kappa shape index (κ1) is 21.0. The summed E-state index contributed by atoms with van der Waals surface area (Å²) in [6, 6.07) is 12.3. The van der Waals surface area contributed by atoms with Gasteiger partial charge in [-0.1, -0.05) is 33.5 Å². The molecular formula is C20H13BrClN3O3S. The van der Waals surface area contributed by atoms with Crippen molar-refractivity contribution in [2.24, 2.45) is 0 Å². The highest BCUT2D eigenvalue weighted by molar-refractivity contribution is 9.10. The Labute approximate surface area is 184 Å². The van der Waals surface area contributed by atoms with E-state index in [2.05, 4.69) is 37.0 Å². The molecule has 0 aliphatic rings. The molecule has 9 heteroatoms. The van der Waals surface area contributed by atoms with E-state index >= 15 is 0 Å². The highest BCUT2D eigenvalue weighted by atomic mass is 79.9. The third kappa shape index (κ3) is 5.64. The highest BCUT2D eigenvalue weighted by Crippen LogP contribution is 2.31. The van der Waals surface area contributed by atoms with Crippen LogP contribution in [0.2, 0.25) is 5.02 Å². The van der Waals surface area contributed by atoms with Crippen LogP contribution < -0.4 is 4.74 Å². The van der Waals surface area contributed by atoms with Crippen molar-refractivity contribution in [3.8, 4) is 29.5 Å². The molecule has 0 amide bonds. The van der Waals surface area contributed by atoms with E-state index in [1.165, 1.54) is 6.08 Å². The van der Waals surface area contributed by atoms with Gasteiger partial charge in [0, 0.05) is 20.6 Å². The number of ether oxygens (including phenoxy) is 1. The van der Waals surface area contributed by atoms with Gasteiger partial charge in [0.05, 0.1) is 0 Å². The highest BCUT2D eigenvalue weighted by Gasteiger charge is 2.16. The van der Waals surface area contributed by atoms with Gasteiger partial charge < -0.3 is 9.84 Å². The van der Waals surface area contributed by atoms with Crippen LogP contribution in [0.15, 0.2) is 57.0 Å². The molecule has 0 fully saturated rings. The zero-order chi connectivity index (χ0) is 20.8. The lowest BCUT2D eigenvalue weighted by atomic mass is 10.2. The number of rotatable bonds is 7. The van der Waals surface area contributed by atoms with Crippen LogP contribution in [-0.2, 0) is 4.79 Å². The van der Waals surface area contributed by atoms with E-state index in [0.717, 1.165) is 21.8 Å². The van der Waals surface area contributed by atoms with E-state index in [1.54, 1.807) is 42.5 Å². The van der Waals surface area contributed by atoms with Gasteiger partial charge in [0.25, 0.3) is 0 Å². The van der Waals surface area contributed by atoms with Crippen LogP contribution in [-0.4, -0.2) is 32.9 Å². The number of hydrogen-bond donors (Lipinski definition) is 2. The number of carboxylic acid groups (broad SMARTS) is 1. The number of carbonyl (C=O) groups is 1. The summed E-state index contributed by atoms with van der Waals surface area (Å²) in [5, 5.41) is 17.4. The van der Waals surface area contributed by atoms with E-state index in [0.29, 0.717) is 22.2 Å². The number of aromatic amines is 1. The number of aliphatic carboxylic acids is 1. The summed E-state index contributed by atoms with van der Waals surface area (Å²) in [5.74, 6) is 2.26. The van der Waals surface area contributed by atoms with Crippen molar-refractivity contribution in [3.63, 3.8) is 0 Å². The van der Waals surface area contributed by atoms with Gasteiger partial charge in [-0.05, 0) is 60.3 Å². The fraction of sp³-hybridized carbons (Fsp3) is 0.0500. The van der Waals surface area contributed by atoms with Gasteiger partial charge in [-0.15, -0.1) is 11.5 Å². The topological polar surface area (TPSA) is 88.1 Å². The molecule has 1 heterocycles. The van der Waals surface area contributed by atoms with Crippen molar-refractivity contribution in [1.29, 1.82) is 0 Å². The lowest BCUT2D eigenvalue weighted by Gasteiger charge is -2.08. The summed E-state index contributed by atoms with van der Waals surface area (Å²) in [7, 11) is 0. The number of nitrogens with one attached hydrogen (secondary N) is 1. The van der Waals surface area contributed by atoms with Crippen LogP contribution in [0, 0.1) is 12.3 Å². The first-order chi connectivity index (χ1) is 14.0. The average molecular weight is 491 g/mol. The number of thioether (sulfide) groups is 1. The zero-order valence-electron chi connectivity index (χ0n) is 14.7. The van der Waals surface area contributed by atoms with Crippen molar-refractivity contribution in [2.75, 3.05) is 6.61 Å². The van der Waals surface area contributed by atoms with Crippen molar-refractivity contribution in [2.45, 2.75) is 5.16 Å².